The molecule has 4 nitrogen and oxygen atoms in total. The zero-order valence-corrected chi connectivity index (χ0v) is 13.9. The SMILES string of the molecule is O=C(c1ccccc1)c1ccccc1CN1C(=O)c2ccccc2C1=O. The lowest BCUT2D eigenvalue weighted by atomic mass is 9.98. The van der Waals surface area contributed by atoms with Crippen LogP contribution in [0.5, 0.6) is 0 Å². The summed E-state index contributed by atoms with van der Waals surface area (Å²) < 4.78 is 0. The Kier molecular flexibility index (Phi) is 3.93. The van der Waals surface area contributed by atoms with E-state index in [9.17, 15) is 14.4 Å². The lowest BCUT2D eigenvalue weighted by Gasteiger charge is -2.16. The van der Waals surface area contributed by atoms with Gasteiger partial charge in [0.05, 0.1) is 17.7 Å². The first-order chi connectivity index (χ1) is 12.7. The van der Waals surface area contributed by atoms with Gasteiger partial charge in [0, 0.05) is 11.1 Å². The van der Waals surface area contributed by atoms with Gasteiger partial charge >= 0.3 is 0 Å². The number of rotatable bonds is 4. The maximum Gasteiger partial charge on any atom is 0.261 e. The molecule has 0 unspecified atom stereocenters. The molecule has 0 aromatic heterocycles. The smallest absolute Gasteiger partial charge is 0.261 e. The van der Waals surface area contributed by atoms with E-state index in [-0.39, 0.29) is 24.1 Å². The number of carbonyl (C=O) groups is 3. The summed E-state index contributed by atoms with van der Waals surface area (Å²) in [5.74, 6) is -0.780. The molecule has 4 heteroatoms. The fourth-order valence-corrected chi connectivity index (χ4v) is 3.18. The molecule has 4 rings (SSSR count). The van der Waals surface area contributed by atoms with Crippen molar-refractivity contribution in [3.05, 3.63) is 107 Å². The minimum Gasteiger partial charge on any atom is -0.289 e. The van der Waals surface area contributed by atoms with E-state index < -0.39 is 0 Å². The highest BCUT2D eigenvalue weighted by molar-refractivity contribution is 6.21. The molecule has 0 saturated carbocycles. The predicted octanol–water partition coefficient (Wildman–Crippen LogP) is 3.71. The summed E-state index contributed by atoms with van der Waals surface area (Å²) in [5.41, 5.74) is 2.53. The number of amides is 2. The van der Waals surface area contributed by atoms with E-state index in [0.29, 0.717) is 27.8 Å². The number of hydrogen-bond donors (Lipinski definition) is 0. The lowest BCUT2D eigenvalue weighted by molar-refractivity contribution is 0.0640. The molecule has 0 fully saturated rings. The molecule has 26 heavy (non-hydrogen) atoms. The molecule has 126 valence electrons. The van der Waals surface area contributed by atoms with Crippen LogP contribution in [0.1, 0.15) is 42.2 Å². The summed E-state index contributed by atoms with van der Waals surface area (Å²) in [4.78, 5) is 39.2. The van der Waals surface area contributed by atoms with Crippen LogP contribution in [-0.4, -0.2) is 22.5 Å². The van der Waals surface area contributed by atoms with Crippen LogP contribution in [-0.2, 0) is 6.54 Å². The predicted molar refractivity (Wildman–Crippen MR) is 97.0 cm³/mol. The summed E-state index contributed by atoms with van der Waals surface area (Å²) >= 11 is 0. The van der Waals surface area contributed by atoms with Crippen LogP contribution >= 0.6 is 0 Å². The van der Waals surface area contributed by atoms with Crippen LogP contribution in [0, 0.1) is 0 Å². The Hall–Kier alpha value is -3.53. The van der Waals surface area contributed by atoms with Gasteiger partial charge in [-0.1, -0.05) is 66.7 Å². The van der Waals surface area contributed by atoms with Crippen LogP contribution in [0.15, 0.2) is 78.9 Å². The average Bonchev–Trinajstić information content (AvgIpc) is 2.94. The number of nitrogens with zero attached hydrogens (tertiary/aromatic N) is 1. The van der Waals surface area contributed by atoms with Crippen molar-refractivity contribution in [3.8, 4) is 0 Å². The first-order valence-electron chi connectivity index (χ1n) is 8.29. The zero-order valence-electron chi connectivity index (χ0n) is 13.9. The maximum atomic E-state index is 12.8. The molecule has 0 saturated heterocycles. The van der Waals surface area contributed by atoms with Crippen molar-refractivity contribution in [1.29, 1.82) is 0 Å². The van der Waals surface area contributed by atoms with Crippen molar-refractivity contribution in [1.82, 2.24) is 4.90 Å². The molecule has 2 amide bonds. The number of carbonyl (C=O) groups excluding carboxylic acids is 3. The lowest BCUT2D eigenvalue weighted by Crippen LogP contribution is -2.29. The highest BCUT2D eigenvalue weighted by Crippen LogP contribution is 2.25. The second-order valence-electron chi connectivity index (χ2n) is 6.09. The van der Waals surface area contributed by atoms with Gasteiger partial charge in [0.2, 0.25) is 0 Å². The maximum absolute atomic E-state index is 12.8. The van der Waals surface area contributed by atoms with Gasteiger partial charge in [-0.15, -0.1) is 0 Å². The molecule has 0 radical (unpaired) electrons. The second-order valence-corrected chi connectivity index (χ2v) is 6.09. The topological polar surface area (TPSA) is 54.5 Å². The standard InChI is InChI=1S/C22H15NO3/c24-20(15-8-2-1-3-9-15)17-11-5-4-10-16(17)14-23-21(25)18-12-6-7-13-19(18)22(23)26/h1-13H,14H2. The Morgan fingerprint density at radius 3 is 1.88 bits per heavy atom. The van der Waals surface area contributed by atoms with Crippen molar-refractivity contribution in [2.75, 3.05) is 0 Å². The van der Waals surface area contributed by atoms with E-state index in [1.54, 1.807) is 72.8 Å². The van der Waals surface area contributed by atoms with Gasteiger partial charge < -0.3 is 0 Å². The third-order valence-corrected chi connectivity index (χ3v) is 4.50. The Bertz CT molecular complexity index is 989. The highest BCUT2D eigenvalue weighted by Gasteiger charge is 2.35. The molecule has 1 aliphatic heterocycles. The van der Waals surface area contributed by atoms with E-state index in [0.717, 1.165) is 0 Å². The normalized spacial score (nSPS) is 13.0. The van der Waals surface area contributed by atoms with Crippen LogP contribution in [0.2, 0.25) is 0 Å². The third kappa shape index (κ3) is 2.62. The van der Waals surface area contributed by atoms with Crippen molar-refractivity contribution in [2.45, 2.75) is 6.54 Å². The molecule has 0 aliphatic carbocycles. The monoisotopic (exact) mass is 341 g/mol. The number of fused-ring (bicyclic) bond motifs is 1. The Morgan fingerprint density at radius 2 is 1.23 bits per heavy atom. The third-order valence-electron chi connectivity index (χ3n) is 4.50. The summed E-state index contributed by atoms with van der Waals surface area (Å²) in [6.45, 7) is 0.0705. The molecule has 0 atom stereocenters. The molecule has 1 aliphatic rings. The summed E-state index contributed by atoms with van der Waals surface area (Å²) in [5, 5.41) is 0. The number of imide groups is 1. The number of benzene rings is 3. The minimum atomic E-state index is -0.326. The zero-order chi connectivity index (χ0) is 18.1. The Balaban J connectivity index is 1.68. The number of hydrogen-bond acceptors (Lipinski definition) is 3. The Morgan fingerprint density at radius 1 is 0.692 bits per heavy atom. The van der Waals surface area contributed by atoms with E-state index >= 15 is 0 Å². The first-order valence-corrected chi connectivity index (χ1v) is 8.29. The quantitative estimate of drug-likeness (QED) is 0.537. The van der Waals surface area contributed by atoms with Gasteiger partial charge in [-0.25, -0.2) is 0 Å². The second kappa shape index (κ2) is 6.41. The molecule has 0 N–H and O–H groups in total. The van der Waals surface area contributed by atoms with E-state index in [4.69, 9.17) is 0 Å². The van der Waals surface area contributed by atoms with Gasteiger partial charge in [-0.05, 0) is 17.7 Å². The van der Waals surface area contributed by atoms with Crippen molar-refractivity contribution in [2.24, 2.45) is 0 Å². The fraction of sp³-hybridized carbons (Fsp3) is 0.0455. The van der Waals surface area contributed by atoms with Crippen molar-refractivity contribution < 1.29 is 14.4 Å². The largest absolute Gasteiger partial charge is 0.289 e. The molecule has 0 spiro atoms. The van der Waals surface area contributed by atoms with E-state index in [2.05, 4.69) is 0 Å². The van der Waals surface area contributed by atoms with Gasteiger partial charge in [0.1, 0.15) is 0 Å². The summed E-state index contributed by atoms with van der Waals surface area (Å²) in [6.07, 6.45) is 0. The highest BCUT2D eigenvalue weighted by atomic mass is 16.2. The Labute approximate surface area is 150 Å². The molecule has 0 bridgehead atoms. The van der Waals surface area contributed by atoms with Crippen molar-refractivity contribution >= 4 is 17.6 Å². The van der Waals surface area contributed by atoms with Crippen LogP contribution in [0.4, 0.5) is 0 Å². The van der Waals surface area contributed by atoms with E-state index in [1.165, 1.54) is 4.90 Å². The van der Waals surface area contributed by atoms with E-state index in [1.807, 2.05) is 6.07 Å². The van der Waals surface area contributed by atoms with Crippen LogP contribution in [0.3, 0.4) is 0 Å². The van der Waals surface area contributed by atoms with Crippen LogP contribution in [0.25, 0.3) is 0 Å². The summed E-state index contributed by atoms with van der Waals surface area (Å²) in [7, 11) is 0. The van der Waals surface area contributed by atoms with Gasteiger partial charge in [-0.2, -0.15) is 0 Å². The van der Waals surface area contributed by atoms with Gasteiger partial charge in [-0.3, -0.25) is 19.3 Å². The molecule has 3 aromatic carbocycles. The number of ketones is 1. The van der Waals surface area contributed by atoms with Gasteiger partial charge in [0.15, 0.2) is 5.78 Å². The van der Waals surface area contributed by atoms with Crippen LogP contribution < -0.4 is 0 Å². The molecular formula is C22H15NO3. The summed E-state index contributed by atoms with van der Waals surface area (Å²) in [6, 6.07) is 22.8. The first kappa shape index (κ1) is 16.0. The van der Waals surface area contributed by atoms with Gasteiger partial charge in [0.25, 0.3) is 11.8 Å². The fourth-order valence-electron chi connectivity index (χ4n) is 3.18. The minimum absolute atomic E-state index is 0.0705. The van der Waals surface area contributed by atoms with Crippen molar-refractivity contribution in [3.63, 3.8) is 0 Å². The average molecular weight is 341 g/mol. The molecule has 3 aromatic rings. The molecule has 1 heterocycles. The molecular weight excluding hydrogens is 326 g/mol.